The van der Waals surface area contributed by atoms with Crippen LogP contribution in [0, 0.1) is 0 Å². The molecule has 0 amide bonds. The first-order valence-electron chi connectivity index (χ1n) is 5.53. The molecule has 0 spiro atoms. The summed E-state index contributed by atoms with van der Waals surface area (Å²) in [6.07, 6.45) is 0. The van der Waals surface area contributed by atoms with Gasteiger partial charge in [-0.25, -0.2) is 13.1 Å². The number of carbonyl (C=O) groups excluding carboxylic acids is 1. The highest BCUT2D eigenvalue weighted by molar-refractivity contribution is 7.89. The van der Waals surface area contributed by atoms with Crippen molar-refractivity contribution < 1.29 is 23.2 Å². The number of carboxylic acid groups (broad SMARTS) is 1. The van der Waals surface area contributed by atoms with Crippen LogP contribution in [0.4, 0.5) is 0 Å². The standard InChI is InChI=1S/C11H15ClN2O4S/c1-14(2)6-5-13-19(17,18)8-3-4-10(12)9(7-8)11(15)16/h3-4,7,13H,5-6H2,1-2H3,(H,15,16). The van der Waals surface area contributed by atoms with E-state index in [-0.39, 0.29) is 22.0 Å². The molecule has 1 aromatic carbocycles. The molecular weight excluding hydrogens is 292 g/mol. The van der Waals surface area contributed by atoms with Gasteiger partial charge < -0.3 is 14.8 Å². The highest BCUT2D eigenvalue weighted by atomic mass is 35.5. The van der Waals surface area contributed by atoms with E-state index in [0.29, 0.717) is 6.54 Å². The lowest BCUT2D eigenvalue weighted by atomic mass is 10.2. The molecular formula is C11H15ClN2O4S. The Kier molecular flexibility index (Phi) is 5.30. The second kappa shape index (κ2) is 6.33. The Morgan fingerprint density at radius 3 is 2.58 bits per heavy atom. The van der Waals surface area contributed by atoms with Gasteiger partial charge in [0.25, 0.3) is 0 Å². The van der Waals surface area contributed by atoms with Crippen molar-refractivity contribution >= 4 is 27.6 Å². The number of benzene rings is 1. The van der Waals surface area contributed by atoms with E-state index in [1.807, 2.05) is 14.1 Å². The highest BCUT2D eigenvalue weighted by Gasteiger charge is 2.16. The smallest absolute Gasteiger partial charge is 0.240 e. The molecule has 0 aliphatic rings. The molecule has 0 heterocycles. The normalized spacial score (nSPS) is 11.8. The van der Waals surface area contributed by atoms with E-state index in [9.17, 15) is 18.3 Å². The molecule has 8 heteroatoms. The van der Waals surface area contributed by atoms with Gasteiger partial charge in [-0.2, -0.15) is 0 Å². The Morgan fingerprint density at radius 2 is 2.05 bits per heavy atom. The van der Waals surface area contributed by atoms with Crippen LogP contribution in [0.2, 0.25) is 5.02 Å². The molecule has 0 aliphatic carbocycles. The molecule has 0 aliphatic heterocycles. The first-order chi connectivity index (χ1) is 8.74. The van der Waals surface area contributed by atoms with Crippen LogP contribution in [0.1, 0.15) is 10.4 Å². The number of aromatic carboxylic acids is 1. The van der Waals surface area contributed by atoms with E-state index in [1.54, 1.807) is 0 Å². The number of quaternary nitrogens is 1. The fourth-order valence-electron chi connectivity index (χ4n) is 1.35. The lowest BCUT2D eigenvalue weighted by Crippen LogP contribution is -3.06. The predicted octanol–water partition coefficient (Wildman–Crippen LogP) is -1.87. The number of sulfonamides is 1. The molecule has 2 N–H and O–H groups in total. The lowest BCUT2D eigenvalue weighted by Gasteiger charge is -2.11. The molecule has 19 heavy (non-hydrogen) atoms. The molecule has 0 radical (unpaired) electrons. The number of nitrogens with one attached hydrogen (secondary N) is 2. The molecule has 1 aromatic rings. The summed E-state index contributed by atoms with van der Waals surface area (Å²) in [7, 11) is 0.0455. The second-order valence-electron chi connectivity index (χ2n) is 4.28. The van der Waals surface area contributed by atoms with Gasteiger partial charge in [-0.15, -0.1) is 0 Å². The van der Waals surface area contributed by atoms with Gasteiger partial charge in [0.1, 0.15) is 0 Å². The molecule has 0 atom stereocenters. The third-order valence-corrected chi connectivity index (χ3v) is 4.17. The molecule has 0 bridgehead atoms. The van der Waals surface area contributed by atoms with Gasteiger partial charge in [-0.3, -0.25) is 0 Å². The summed E-state index contributed by atoms with van der Waals surface area (Å²) in [6, 6.07) is 3.46. The minimum absolute atomic E-state index is 0.0586. The van der Waals surface area contributed by atoms with Gasteiger partial charge in [0.15, 0.2) is 0 Å². The van der Waals surface area contributed by atoms with Crippen LogP contribution in [0.3, 0.4) is 0 Å². The zero-order valence-corrected chi connectivity index (χ0v) is 12.1. The number of halogens is 1. The largest absolute Gasteiger partial charge is 0.545 e. The summed E-state index contributed by atoms with van der Waals surface area (Å²) in [5.41, 5.74) is -0.345. The molecule has 106 valence electrons. The quantitative estimate of drug-likeness (QED) is 0.644. The van der Waals surface area contributed by atoms with Crippen LogP contribution in [0.15, 0.2) is 23.1 Å². The average Bonchev–Trinajstić information content (AvgIpc) is 2.27. The molecule has 0 fully saturated rings. The Bertz CT molecular complexity index is 572. The molecule has 0 saturated carbocycles. The maximum Gasteiger partial charge on any atom is 0.240 e. The summed E-state index contributed by atoms with van der Waals surface area (Å²) in [5.74, 6) is -1.51. The van der Waals surface area contributed by atoms with Gasteiger partial charge in [-0.05, 0) is 18.2 Å². The topological polar surface area (TPSA) is 90.7 Å². The van der Waals surface area contributed by atoms with Gasteiger partial charge >= 0.3 is 0 Å². The van der Waals surface area contributed by atoms with Crippen molar-refractivity contribution in [1.82, 2.24) is 4.72 Å². The van der Waals surface area contributed by atoms with E-state index in [4.69, 9.17) is 11.6 Å². The van der Waals surface area contributed by atoms with Crippen molar-refractivity contribution in [2.24, 2.45) is 0 Å². The number of hydrogen-bond acceptors (Lipinski definition) is 4. The summed E-state index contributed by atoms with van der Waals surface area (Å²) in [5, 5.41) is 10.7. The van der Waals surface area contributed by atoms with Crippen LogP contribution < -0.4 is 14.7 Å². The summed E-state index contributed by atoms with van der Waals surface area (Å²) >= 11 is 5.65. The van der Waals surface area contributed by atoms with Crippen molar-refractivity contribution in [1.29, 1.82) is 0 Å². The van der Waals surface area contributed by atoms with Crippen molar-refractivity contribution in [3.05, 3.63) is 28.8 Å². The number of hydrogen-bond donors (Lipinski definition) is 2. The van der Waals surface area contributed by atoms with E-state index in [1.165, 1.54) is 12.1 Å². The Balaban J connectivity index is 2.96. The van der Waals surface area contributed by atoms with Gasteiger partial charge in [0.2, 0.25) is 10.0 Å². The minimum atomic E-state index is -3.74. The fraction of sp³-hybridized carbons (Fsp3) is 0.364. The highest BCUT2D eigenvalue weighted by Crippen LogP contribution is 2.19. The average molecular weight is 307 g/mol. The first-order valence-corrected chi connectivity index (χ1v) is 7.40. The van der Waals surface area contributed by atoms with Crippen molar-refractivity contribution in [2.45, 2.75) is 4.90 Å². The first kappa shape index (κ1) is 15.9. The second-order valence-corrected chi connectivity index (χ2v) is 6.46. The summed E-state index contributed by atoms with van der Waals surface area (Å²) < 4.78 is 26.2. The van der Waals surface area contributed by atoms with Gasteiger partial charge in [0.05, 0.1) is 38.0 Å². The molecule has 0 aromatic heterocycles. The SMILES string of the molecule is C[NH+](C)CCNS(=O)(=O)c1ccc(Cl)c(C(=O)[O-])c1. The molecule has 6 nitrogen and oxygen atoms in total. The van der Waals surface area contributed by atoms with Crippen molar-refractivity contribution in [2.75, 3.05) is 27.2 Å². The Hall–Kier alpha value is -1.15. The molecule has 1 rings (SSSR count). The Morgan fingerprint density at radius 1 is 1.42 bits per heavy atom. The molecule has 0 saturated heterocycles. The number of carboxylic acids is 1. The van der Waals surface area contributed by atoms with E-state index in [0.717, 1.165) is 11.0 Å². The predicted molar refractivity (Wildman–Crippen MR) is 68.6 cm³/mol. The van der Waals surface area contributed by atoms with Crippen LogP contribution in [0.25, 0.3) is 0 Å². The number of rotatable bonds is 6. The van der Waals surface area contributed by atoms with Crippen LogP contribution in [0.5, 0.6) is 0 Å². The maximum atomic E-state index is 11.9. The van der Waals surface area contributed by atoms with Gasteiger partial charge in [0, 0.05) is 10.6 Å². The third kappa shape index (κ3) is 4.46. The summed E-state index contributed by atoms with van der Waals surface area (Å²) in [6.45, 7) is 0.869. The third-order valence-electron chi connectivity index (χ3n) is 2.39. The lowest BCUT2D eigenvalue weighted by molar-refractivity contribution is -0.856. The van der Waals surface area contributed by atoms with E-state index >= 15 is 0 Å². The minimum Gasteiger partial charge on any atom is -0.545 e. The zero-order chi connectivity index (χ0) is 14.6. The molecule has 0 unspecified atom stereocenters. The van der Waals surface area contributed by atoms with Crippen molar-refractivity contribution in [3.8, 4) is 0 Å². The van der Waals surface area contributed by atoms with Crippen LogP contribution in [-0.4, -0.2) is 41.6 Å². The van der Waals surface area contributed by atoms with E-state index in [2.05, 4.69) is 4.72 Å². The maximum absolute atomic E-state index is 11.9. The Labute approximate surface area is 117 Å². The van der Waals surface area contributed by atoms with Crippen molar-refractivity contribution in [3.63, 3.8) is 0 Å². The van der Waals surface area contributed by atoms with E-state index < -0.39 is 16.0 Å². The monoisotopic (exact) mass is 306 g/mol. The fourth-order valence-corrected chi connectivity index (χ4v) is 2.60. The van der Waals surface area contributed by atoms with Gasteiger partial charge in [-0.1, -0.05) is 11.6 Å². The summed E-state index contributed by atoms with van der Waals surface area (Å²) in [4.78, 5) is 11.7. The number of likely N-dealkylation sites (N-methyl/N-ethyl adjacent to an activating group) is 1. The van der Waals surface area contributed by atoms with Crippen LogP contribution >= 0.6 is 11.6 Å². The zero-order valence-electron chi connectivity index (χ0n) is 10.6. The number of carbonyl (C=O) groups is 1. The van der Waals surface area contributed by atoms with Crippen LogP contribution in [-0.2, 0) is 10.0 Å².